The van der Waals surface area contributed by atoms with Crippen LogP contribution in [-0.2, 0) is 0 Å². The molecule has 0 radical (unpaired) electrons. The zero-order valence-electron chi connectivity index (χ0n) is 10.3. The van der Waals surface area contributed by atoms with Crippen molar-refractivity contribution >= 4 is 11.5 Å². The van der Waals surface area contributed by atoms with Crippen molar-refractivity contribution in [3.63, 3.8) is 0 Å². The largest absolute Gasteiger partial charge is 0.355 e. The Morgan fingerprint density at radius 1 is 1.56 bits per heavy atom. The van der Waals surface area contributed by atoms with E-state index in [1.54, 1.807) is 0 Å². The predicted molar refractivity (Wildman–Crippen MR) is 67.9 cm³/mol. The highest BCUT2D eigenvalue weighted by Gasteiger charge is 2.19. The van der Waals surface area contributed by atoms with E-state index in [9.17, 15) is 4.79 Å². The van der Waals surface area contributed by atoms with Crippen molar-refractivity contribution in [1.29, 1.82) is 0 Å². The molecule has 7 heteroatoms. The molecular formula is C11H16N6O. The third kappa shape index (κ3) is 1.86. The Morgan fingerprint density at radius 3 is 3.28 bits per heavy atom. The van der Waals surface area contributed by atoms with Crippen molar-refractivity contribution in [2.45, 2.75) is 18.9 Å². The first-order valence-electron chi connectivity index (χ1n) is 6.13. The van der Waals surface area contributed by atoms with Gasteiger partial charge in [-0.2, -0.15) is 5.10 Å². The number of piperidine rings is 1. The van der Waals surface area contributed by atoms with Crippen LogP contribution in [0.3, 0.4) is 0 Å². The fourth-order valence-corrected chi connectivity index (χ4v) is 2.39. The number of aromatic nitrogens is 4. The third-order valence-electron chi connectivity index (χ3n) is 3.45. The molecule has 1 unspecified atom stereocenters. The molecule has 3 rings (SSSR count). The van der Waals surface area contributed by atoms with Crippen LogP contribution in [0, 0.1) is 0 Å². The molecule has 1 atom stereocenters. The number of hydrogen-bond donors (Lipinski definition) is 2. The molecule has 1 aliphatic rings. The van der Waals surface area contributed by atoms with Crippen LogP contribution in [0.2, 0.25) is 0 Å². The first kappa shape index (κ1) is 11.2. The summed E-state index contributed by atoms with van der Waals surface area (Å²) in [5.74, 6) is 0.876. The average Bonchev–Trinajstić information content (AvgIpc) is 2.80. The van der Waals surface area contributed by atoms with E-state index in [1.807, 2.05) is 13.1 Å². The normalized spacial score (nSPS) is 20.5. The number of H-pyrrole nitrogens is 1. The molecule has 2 aromatic heterocycles. The van der Waals surface area contributed by atoms with Gasteiger partial charge in [-0.15, -0.1) is 0 Å². The second-order valence-electron chi connectivity index (χ2n) is 4.58. The standard InChI is InChI=1S/C11H16N6O/c1-12-8-3-2-4-16(6-8)9-5-10-14-15-11(18)17(10)7-13-9/h5,7-8,12H,2-4,6H2,1H3,(H,15,18). The molecule has 0 spiro atoms. The van der Waals surface area contributed by atoms with Crippen molar-refractivity contribution < 1.29 is 0 Å². The molecule has 0 aromatic carbocycles. The summed E-state index contributed by atoms with van der Waals surface area (Å²) in [6, 6.07) is 2.34. The third-order valence-corrected chi connectivity index (χ3v) is 3.45. The van der Waals surface area contributed by atoms with Gasteiger partial charge in [0.25, 0.3) is 0 Å². The van der Waals surface area contributed by atoms with Crippen LogP contribution < -0.4 is 15.9 Å². The fourth-order valence-electron chi connectivity index (χ4n) is 2.39. The molecule has 96 valence electrons. The van der Waals surface area contributed by atoms with Crippen LogP contribution in [-0.4, -0.2) is 45.8 Å². The van der Waals surface area contributed by atoms with Gasteiger partial charge in [-0.05, 0) is 19.9 Å². The smallest absolute Gasteiger partial charge is 0.348 e. The highest BCUT2D eigenvalue weighted by atomic mass is 16.1. The lowest BCUT2D eigenvalue weighted by molar-refractivity contribution is 0.447. The Bertz CT molecular complexity index is 603. The van der Waals surface area contributed by atoms with Gasteiger partial charge in [-0.3, -0.25) is 0 Å². The number of rotatable bonds is 2. The minimum absolute atomic E-state index is 0.254. The van der Waals surface area contributed by atoms with Gasteiger partial charge in [0.2, 0.25) is 0 Å². The van der Waals surface area contributed by atoms with Crippen LogP contribution in [0.1, 0.15) is 12.8 Å². The Hall–Kier alpha value is -1.89. The Morgan fingerprint density at radius 2 is 2.44 bits per heavy atom. The summed E-state index contributed by atoms with van der Waals surface area (Å²) in [7, 11) is 1.98. The summed E-state index contributed by atoms with van der Waals surface area (Å²) >= 11 is 0. The van der Waals surface area contributed by atoms with Crippen LogP contribution in [0.15, 0.2) is 17.2 Å². The molecule has 0 saturated carbocycles. The van der Waals surface area contributed by atoms with E-state index < -0.39 is 0 Å². The zero-order valence-corrected chi connectivity index (χ0v) is 10.3. The topological polar surface area (TPSA) is 78.3 Å². The zero-order chi connectivity index (χ0) is 12.5. The van der Waals surface area contributed by atoms with Crippen LogP contribution >= 0.6 is 0 Å². The second kappa shape index (κ2) is 4.41. The number of fused-ring (bicyclic) bond motifs is 1. The number of aromatic amines is 1. The number of nitrogens with one attached hydrogen (secondary N) is 2. The Labute approximate surface area is 104 Å². The number of hydrogen-bond acceptors (Lipinski definition) is 5. The van der Waals surface area contributed by atoms with E-state index in [4.69, 9.17) is 0 Å². The second-order valence-corrected chi connectivity index (χ2v) is 4.58. The molecule has 0 aliphatic carbocycles. The maximum atomic E-state index is 11.3. The Kier molecular flexibility index (Phi) is 2.75. The number of likely N-dealkylation sites (N-methyl/N-ethyl adjacent to an activating group) is 1. The number of anilines is 1. The van der Waals surface area contributed by atoms with Crippen molar-refractivity contribution in [2.24, 2.45) is 0 Å². The minimum Gasteiger partial charge on any atom is -0.355 e. The number of nitrogens with zero attached hydrogens (tertiary/aromatic N) is 4. The van der Waals surface area contributed by atoms with E-state index in [1.165, 1.54) is 17.1 Å². The van der Waals surface area contributed by atoms with Crippen LogP contribution in [0.5, 0.6) is 0 Å². The van der Waals surface area contributed by atoms with E-state index in [-0.39, 0.29) is 5.69 Å². The lowest BCUT2D eigenvalue weighted by Crippen LogP contribution is -2.44. The summed E-state index contributed by atoms with van der Waals surface area (Å²) in [5, 5.41) is 9.67. The lowest BCUT2D eigenvalue weighted by Gasteiger charge is -2.33. The molecule has 1 aliphatic heterocycles. The molecule has 18 heavy (non-hydrogen) atoms. The lowest BCUT2D eigenvalue weighted by atomic mass is 10.1. The summed E-state index contributed by atoms with van der Waals surface area (Å²) in [6.07, 6.45) is 3.86. The van der Waals surface area contributed by atoms with E-state index in [2.05, 4.69) is 25.4 Å². The highest BCUT2D eigenvalue weighted by molar-refractivity contribution is 5.50. The fraction of sp³-hybridized carbons (Fsp3) is 0.545. The van der Waals surface area contributed by atoms with Gasteiger partial charge in [0.05, 0.1) is 0 Å². The minimum atomic E-state index is -0.254. The SMILES string of the molecule is CNC1CCCN(c2cc3n[nH]c(=O)n3cn2)C1. The average molecular weight is 248 g/mol. The monoisotopic (exact) mass is 248 g/mol. The van der Waals surface area contributed by atoms with Crippen LogP contribution in [0.4, 0.5) is 5.82 Å². The van der Waals surface area contributed by atoms with E-state index >= 15 is 0 Å². The van der Waals surface area contributed by atoms with Crippen molar-refractivity contribution in [3.05, 3.63) is 22.9 Å². The Balaban J connectivity index is 1.91. The molecule has 2 N–H and O–H groups in total. The first-order valence-corrected chi connectivity index (χ1v) is 6.13. The molecule has 1 fully saturated rings. The van der Waals surface area contributed by atoms with Gasteiger partial charge in [0.1, 0.15) is 12.1 Å². The van der Waals surface area contributed by atoms with E-state index in [0.29, 0.717) is 11.7 Å². The first-order chi connectivity index (χ1) is 8.78. The van der Waals surface area contributed by atoms with Gasteiger partial charge < -0.3 is 10.2 Å². The summed E-state index contributed by atoms with van der Waals surface area (Å²) in [5.41, 5.74) is 0.354. The maximum absolute atomic E-state index is 11.3. The quantitative estimate of drug-likeness (QED) is 0.756. The molecule has 7 nitrogen and oxygen atoms in total. The van der Waals surface area contributed by atoms with Crippen molar-refractivity contribution in [1.82, 2.24) is 24.9 Å². The van der Waals surface area contributed by atoms with Gasteiger partial charge in [-0.1, -0.05) is 0 Å². The highest BCUT2D eigenvalue weighted by Crippen LogP contribution is 2.17. The molecule has 3 heterocycles. The van der Waals surface area contributed by atoms with Gasteiger partial charge in [0, 0.05) is 25.2 Å². The molecular weight excluding hydrogens is 232 g/mol. The van der Waals surface area contributed by atoms with Gasteiger partial charge in [0.15, 0.2) is 5.65 Å². The molecule has 0 bridgehead atoms. The molecule has 0 amide bonds. The summed E-state index contributed by atoms with van der Waals surface area (Å²) in [6.45, 7) is 1.93. The summed E-state index contributed by atoms with van der Waals surface area (Å²) in [4.78, 5) is 17.9. The van der Waals surface area contributed by atoms with Crippen LogP contribution in [0.25, 0.3) is 5.65 Å². The van der Waals surface area contributed by atoms with E-state index in [0.717, 1.165) is 25.3 Å². The van der Waals surface area contributed by atoms with Gasteiger partial charge >= 0.3 is 5.69 Å². The predicted octanol–water partition coefficient (Wildman–Crippen LogP) is -0.394. The van der Waals surface area contributed by atoms with Gasteiger partial charge in [-0.25, -0.2) is 19.3 Å². The van der Waals surface area contributed by atoms with Crippen molar-refractivity contribution in [2.75, 3.05) is 25.0 Å². The van der Waals surface area contributed by atoms with Crippen molar-refractivity contribution in [3.8, 4) is 0 Å². The molecule has 1 saturated heterocycles. The maximum Gasteiger partial charge on any atom is 0.348 e. The summed E-state index contributed by atoms with van der Waals surface area (Å²) < 4.78 is 1.41. The molecule has 2 aromatic rings.